The van der Waals surface area contributed by atoms with Crippen molar-refractivity contribution in [3.63, 3.8) is 0 Å². The molecule has 0 bridgehead atoms. The molecule has 0 heterocycles. The van der Waals surface area contributed by atoms with Crippen LogP contribution in [0.15, 0.2) is 42.5 Å². The summed E-state index contributed by atoms with van der Waals surface area (Å²) in [7, 11) is 0. The van der Waals surface area contributed by atoms with Crippen LogP contribution < -0.4 is 10.1 Å². The van der Waals surface area contributed by atoms with Crippen LogP contribution in [0.25, 0.3) is 0 Å². The van der Waals surface area contributed by atoms with E-state index < -0.39 is 28.6 Å². The van der Waals surface area contributed by atoms with Crippen molar-refractivity contribution in [2.24, 2.45) is 0 Å². The highest BCUT2D eigenvalue weighted by Gasteiger charge is 2.18. The zero-order valence-electron chi connectivity index (χ0n) is 12.0. The molecule has 0 radical (unpaired) electrons. The van der Waals surface area contributed by atoms with E-state index in [1.807, 2.05) is 0 Å². The average molecular weight is 322 g/mol. The Labute approximate surface area is 129 Å². The molecule has 0 aliphatic carbocycles. The first kappa shape index (κ1) is 16.3. The number of hydrogen-bond acceptors (Lipinski definition) is 4. The fraction of sp³-hybridized carbons (Fsp3) is 0.133. The van der Waals surface area contributed by atoms with E-state index >= 15 is 0 Å². The smallest absolute Gasteiger partial charge is 0.273 e. The summed E-state index contributed by atoms with van der Waals surface area (Å²) in [6.45, 7) is 1.38. The molecule has 0 fully saturated rings. The van der Waals surface area contributed by atoms with E-state index in [-0.39, 0.29) is 17.1 Å². The van der Waals surface area contributed by atoms with Gasteiger partial charge in [0, 0.05) is 12.1 Å². The fourth-order valence-electron chi connectivity index (χ4n) is 1.76. The number of nitro benzene ring substituents is 1. The van der Waals surface area contributed by atoms with E-state index in [1.165, 1.54) is 25.1 Å². The van der Waals surface area contributed by atoms with Gasteiger partial charge in [0.1, 0.15) is 17.4 Å². The number of amides is 1. The van der Waals surface area contributed by atoms with Crippen LogP contribution in [-0.2, 0) is 4.79 Å². The summed E-state index contributed by atoms with van der Waals surface area (Å²) in [4.78, 5) is 22.0. The first-order valence-corrected chi connectivity index (χ1v) is 6.54. The Kier molecular flexibility index (Phi) is 4.85. The fourth-order valence-corrected chi connectivity index (χ4v) is 1.76. The summed E-state index contributed by atoms with van der Waals surface area (Å²) in [5.74, 6) is -2.10. The molecule has 23 heavy (non-hydrogen) atoms. The Morgan fingerprint density at radius 2 is 2.00 bits per heavy atom. The summed E-state index contributed by atoms with van der Waals surface area (Å²) in [5, 5.41) is 12.9. The number of carbonyl (C=O) groups is 1. The van der Waals surface area contributed by atoms with Crippen LogP contribution in [0, 0.1) is 21.7 Å². The van der Waals surface area contributed by atoms with Gasteiger partial charge >= 0.3 is 0 Å². The number of nitrogens with one attached hydrogen (secondary N) is 1. The molecule has 0 saturated heterocycles. The van der Waals surface area contributed by atoms with E-state index in [4.69, 9.17) is 4.74 Å². The number of nitro groups is 1. The van der Waals surface area contributed by atoms with Gasteiger partial charge in [0.05, 0.1) is 16.7 Å². The van der Waals surface area contributed by atoms with Gasteiger partial charge in [0.15, 0.2) is 6.10 Å². The lowest BCUT2D eigenvalue weighted by atomic mass is 10.2. The van der Waals surface area contributed by atoms with Gasteiger partial charge in [-0.3, -0.25) is 14.9 Å². The number of halogens is 2. The predicted molar refractivity (Wildman–Crippen MR) is 78.2 cm³/mol. The van der Waals surface area contributed by atoms with Crippen LogP contribution in [0.5, 0.6) is 5.75 Å². The molecule has 0 saturated carbocycles. The molecule has 0 spiro atoms. The van der Waals surface area contributed by atoms with Crippen LogP contribution >= 0.6 is 0 Å². The Bertz CT molecular complexity index is 752. The van der Waals surface area contributed by atoms with E-state index in [1.54, 1.807) is 0 Å². The molecule has 0 aromatic heterocycles. The number of rotatable bonds is 5. The molecule has 8 heteroatoms. The van der Waals surface area contributed by atoms with Crippen LogP contribution in [-0.4, -0.2) is 16.9 Å². The quantitative estimate of drug-likeness (QED) is 0.676. The molecule has 120 valence electrons. The number of nitrogens with zero attached hydrogens (tertiary/aromatic N) is 1. The van der Waals surface area contributed by atoms with Crippen molar-refractivity contribution in [2.45, 2.75) is 13.0 Å². The largest absolute Gasteiger partial charge is 0.481 e. The lowest BCUT2D eigenvalue weighted by Gasteiger charge is -2.15. The highest BCUT2D eigenvalue weighted by Crippen LogP contribution is 2.21. The van der Waals surface area contributed by atoms with Crippen molar-refractivity contribution in [3.8, 4) is 5.75 Å². The van der Waals surface area contributed by atoms with E-state index in [9.17, 15) is 23.7 Å². The maximum atomic E-state index is 13.5. The molecule has 6 nitrogen and oxygen atoms in total. The minimum absolute atomic E-state index is 0.113. The van der Waals surface area contributed by atoms with Crippen molar-refractivity contribution in [2.75, 3.05) is 5.32 Å². The SMILES string of the molecule is C[C@@H](Oc1cccc([N+](=O)[O-])c1)C(=O)Nc1cc(F)ccc1F. The second-order valence-electron chi connectivity index (χ2n) is 4.63. The van der Waals surface area contributed by atoms with Crippen molar-refractivity contribution in [1.82, 2.24) is 0 Å². The van der Waals surface area contributed by atoms with Gasteiger partial charge in [-0.2, -0.15) is 0 Å². The third-order valence-corrected chi connectivity index (χ3v) is 2.90. The van der Waals surface area contributed by atoms with Crippen LogP contribution in [0.1, 0.15) is 6.92 Å². The standard InChI is InChI=1S/C15H12F2N2O4/c1-9(23-12-4-2-3-11(8-12)19(21)22)15(20)18-14-7-10(16)5-6-13(14)17/h2-9H,1H3,(H,18,20)/t9-/m1/s1. The van der Waals surface area contributed by atoms with Crippen LogP contribution in [0.4, 0.5) is 20.2 Å². The number of carbonyl (C=O) groups excluding carboxylic acids is 1. The third-order valence-electron chi connectivity index (χ3n) is 2.90. The van der Waals surface area contributed by atoms with Crippen LogP contribution in [0.2, 0.25) is 0 Å². The van der Waals surface area contributed by atoms with Crippen molar-refractivity contribution >= 4 is 17.3 Å². The second kappa shape index (κ2) is 6.82. The maximum Gasteiger partial charge on any atom is 0.273 e. The summed E-state index contributed by atoms with van der Waals surface area (Å²) in [6, 6.07) is 7.94. The van der Waals surface area contributed by atoms with Gasteiger partial charge < -0.3 is 10.1 Å². The number of hydrogen-bond donors (Lipinski definition) is 1. The minimum atomic E-state index is -1.07. The highest BCUT2D eigenvalue weighted by atomic mass is 19.1. The predicted octanol–water partition coefficient (Wildman–Crippen LogP) is 3.28. The molecule has 2 aromatic carbocycles. The summed E-state index contributed by atoms with van der Waals surface area (Å²) >= 11 is 0. The van der Waals surface area contributed by atoms with Crippen molar-refractivity contribution in [1.29, 1.82) is 0 Å². The summed E-state index contributed by atoms with van der Waals surface area (Å²) in [6.07, 6.45) is -1.07. The number of benzene rings is 2. The van der Waals surface area contributed by atoms with E-state index in [2.05, 4.69) is 5.32 Å². The Morgan fingerprint density at radius 3 is 2.70 bits per heavy atom. The molecule has 1 N–H and O–H groups in total. The van der Waals surface area contributed by atoms with Gasteiger partial charge in [-0.05, 0) is 25.1 Å². The Balaban J connectivity index is 2.07. The highest BCUT2D eigenvalue weighted by molar-refractivity contribution is 5.94. The average Bonchev–Trinajstić information content (AvgIpc) is 2.51. The third kappa shape index (κ3) is 4.22. The molecule has 2 rings (SSSR count). The van der Waals surface area contributed by atoms with E-state index in [0.717, 1.165) is 24.3 Å². The lowest BCUT2D eigenvalue weighted by Crippen LogP contribution is -2.30. The van der Waals surface area contributed by atoms with Crippen molar-refractivity contribution in [3.05, 3.63) is 64.2 Å². The molecule has 1 atom stereocenters. The van der Waals surface area contributed by atoms with Crippen molar-refractivity contribution < 1.29 is 23.2 Å². The zero-order valence-corrected chi connectivity index (χ0v) is 12.0. The summed E-state index contributed by atoms with van der Waals surface area (Å²) < 4.78 is 31.8. The van der Waals surface area contributed by atoms with E-state index in [0.29, 0.717) is 0 Å². The first-order valence-electron chi connectivity index (χ1n) is 6.54. The zero-order chi connectivity index (χ0) is 17.0. The first-order chi connectivity index (χ1) is 10.9. The van der Waals surface area contributed by atoms with Gasteiger partial charge in [-0.1, -0.05) is 6.07 Å². The van der Waals surface area contributed by atoms with Gasteiger partial charge in [-0.15, -0.1) is 0 Å². The number of non-ortho nitro benzene ring substituents is 1. The lowest BCUT2D eigenvalue weighted by molar-refractivity contribution is -0.384. The van der Waals surface area contributed by atoms with Gasteiger partial charge in [0.25, 0.3) is 11.6 Å². The normalized spacial score (nSPS) is 11.6. The molecule has 0 unspecified atom stereocenters. The monoisotopic (exact) mass is 322 g/mol. The second-order valence-corrected chi connectivity index (χ2v) is 4.63. The minimum Gasteiger partial charge on any atom is -0.481 e. The summed E-state index contributed by atoms with van der Waals surface area (Å²) in [5.41, 5.74) is -0.504. The van der Waals surface area contributed by atoms with Crippen LogP contribution in [0.3, 0.4) is 0 Å². The maximum absolute atomic E-state index is 13.5. The molecule has 0 aliphatic rings. The van der Waals surface area contributed by atoms with Gasteiger partial charge in [0.2, 0.25) is 0 Å². The Morgan fingerprint density at radius 1 is 1.26 bits per heavy atom. The molecule has 2 aromatic rings. The molecule has 0 aliphatic heterocycles. The number of ether oxygens (including phenoxy) is 1. The molecular weight excluding hydrogens is 310 g/mol. The van der Waals surface area contributed by atoms with Gasteiger partial charge in [-0.25, -0.2) is 8.78 Å². The topological polar surface area (TPSA) is 81.5 Å². The number of anilines is 1. The molecular formula is C15H12F2N2O4. The molecule has 1 amide bonds. The Hall–Kier alpha value is -3.03.